The van der Waals surface area contributed by atoms with E-state index in [0.717, 1.165) is 108 Å². The summed E-state index contributed by atoms with van der Waals surface area (Å²) >= 11 is 0. The Balaban J connectivity index is 5.21. The molecular weight excluding hydrogens is 1340 g/mol. The first-order chi connectivity index (χ1) is 49.9. The van der Waals surface area contributed by atoms with Gasteiger partial charge in [-0.05, 0) is 37.5 Å². The van der Waals surface area contributed by atoms with Gasteiger partial charge >= 0.3 is 39.5 Å². The number of rotatable bonds is 83. The second kappa shape index (κ2) is 75.5. The molecule has 4 unspecified atom stereocenters. The molecule has 0 aliphatic heterocycles. The lowest BCUT2D eigenvalue weighted by Crippen LogP contribution is -2.30. The van der Waals surface area contributed by atoms with Crippen molar-refractivity contribution in [1.82, 2.24) is 0 Å². The van der Waals surface area contributed by atoms with Crippen molar-refractivity contribution in [2.24, 2.45) is 11.8 Å². The summed E-state index contributed by atoms with van der Waals surface area (Å²) < 4.78 is 68.8. The fourth-order valence-electron chi connectivity index (χ4n) is 13.0. The number of ether oxygens (including phenoxy) is 4. The first-order valence-corrected chi connectivity index (χ1v) is 46.6. The highest BCUT2D eigenvalue weighted by Gasteiger charge is 2.30. The third-order valence-electron chi connectivity index (χ3n) is 20.4. The van der Waals surface area contributed by atoms with E-state index in [2.05, 4.69) is 41.5 Å². The van der Waals surface area contributed by atoms with Gasteiger partial charge in [0.05, 0.1) is 26.4 Å². The highest BCUT2D eigenvalue weighted by molar-refractivity contribution is 7.47. The maximum absolute atomic E-state index is 13.1. The van der Waals surface area contributed by atoms with E-state index in [1.54, 1.807) is 0 Å². The minimum atomic E-state index is -4.96. The SMILES string of the molecule is CCCCCCCCCCCCCCCCCCCCCC(=O)OC[C@H](COP(=O)(O)OC[C@@H](O)COP(=O)(O)OC[C@@H](COC(=O)CCCCCCCCC(C)CC)OC(=O)CCCCCCCCCCCCCC)OC(=O)CCCCCCCCCCCCCCCCCCCCC(C)CC. The van der Waals surface area contributed by atoms with Crippen LogP contribution in [0.1, 0.15) is 446 Å². The Morgan fingerprint density at radius 2 is 0.466 bits per heavy atom. The van der Waals surface area contributed by atoms with Gasteiger partial charge in [-0.15, -0.1) is 0 Å². The maximum atomic E-state index is 13.1. The second-order valence-corrected chi connectivity index (χ2v) is 33.6. The van der Waals surface area contributed by atoms with E-state index in [1.807, 2.05) is 0 Å². The standard InChI is InChI=1S/C84H164O17P2/c1-7-11-13-15-17-19-21-23-24-25-26-30-33-36-40-43-47-54-60-66-81(86)94-72-79(100-84(89)69-63-57-49-45-41-37-34-31-28-27-29-32-35-38-42-46-52-58-64-76(5)9-3)74-98-102(90,91)96-70-78(85)71-97-103(92,93)99-75-80(73-95-82(87)67-61-55-51-50-53-59-65-77(6)10-4)101-83(88)68-62-56-48-44-39-22-20-18-16-14-12-8-2/h76-80,85H,7-75H2,1-6H3,(H,90,91)(H,92,93)/t76?,77?,78-,79-,80-/m1/s1. The molecule has 0 spiro atoms. The summed E-state index contributed by atoms with van der Waals surface area (Å²) in [4.78, 5) is 73.1. The molecule has 0 saturated heterocycles. The number of unbranched alkanes of at least 4 members (excludes halogenated alkanes) is 51. The smallest absolute Gasteiger partial charge is 0.462 e. The number of aliphatic hydroxyl groups excluding tert-OH is 1. The highest BCUT2D eigenvalue weighted by atomic mass is 31.2. The fraction of sp³-hybridized carbons (Fsp3) is 0.952. The van der Waals surface area contributed by atoms with E-state index in [4.69, 9.17) is 37.0 Å². The molecule has 3 N–H and O–H groups in total. The van der Waals surface area contributed by atoms with Gasteiger partial charge in [-0.1, -0.05) is 395 Å². The third kappa shape index (κ3) is 75.3. The van der Waals surface area contributed by atoms with E-state index < -0.39 is 97.5 Å². The van der Waals surface area contributed by atoms with Gasteiger partial charge in [0, 0.05) is 25.7 Å². The van der Waals surface area contributed by atoms with Crippen molar-refractivity contribution in [3.8, 4) is 0 Å². The quantitative estimate of drug-likeness (QED) is 0.0222. The molecule has 17 nitrogen and oxygen atoms in total. The third-order valence-corrected chi connectivity index (χ3v) is 22.3. The molecule has 0 aliphatic rings. The molecule has 19 heteroatoms. The van der Waals surface area contributed by atoms with Crippen LogP contribution in [0.15, 0.2) is 0 Å². The van der Waals surface area contributed by atoms with Gasteiger partial charge in [0.2, 0.25) is 0 Å². The van der Waals surface area contributed by atoms with E-state index >= 15 is 0 Å². The Hall–Kier alpha value is -1.94. The van der Waals surface area contributed by atoms with Gasteiger partial charge in [-0.2, -0.15) is 0 Å². The maximum Gasteiger partial charge on any atom is 0.472 e. The van der Waals surface area contributed by atoms with Crippen LogP contribution in [0.3, 0.4) is 0 Å². The first-order valence-electron chi connectivity index (χ1n) is 43.6. The number of esters is 4. The Bertz CT molecular complexity index is 1980. The van der Waals surface area contributed by atoms with Crippen LogP contribution in [-0.2, 0) is 65.4 Å². The van der Waals surface area contributed by atoms with E-state index in [1.165, 1.54) is 257 Å². The molecule has 612 valence electrons. The molecule has 0 radical (unpaired) electrons. The number of carbonyl (C=O) groups is 4. The minimum absolute atomic E-state index is 0.107. The molecule has 0 bridgehead atoms. The Morgan fingerprint density at radius 1 is 0.272 bits per heavy atom. The number of carbonyl (C=O) groups excluding carboxylic acids is 4. The van der Waals surface area contributed by atoms with Crippen molar-refractivity contribution < 1.29 is 80.2 Å². The van der Waals surface area contributed by atoms with Crippen LogP contribution < -0.4 is 0 Å². The molecular formula is C84H164O17P2. The van der Waals surface area contributed by atoms with E-state index in [9.17, 15) is 43.2 Å². The highest BCUT2D eigenvalue weighted by Crippen LogP contribution is 2.45. The normalized spacial score (nSPS) is 14.4. The molecule has 0 rings (SSSR count). The zero-order valence-electron chi connectivity index (χ0n) is 67.6. The molecule has 0 aromatic carbocycles. The van der Waals surface area contributed by atoms with Crippen LogP contribution in [0.4, 0.5) is 0 Å². The summed E-state index contributed by atoms with van der Waals surface area (Å²) in [5, 5.41) is 10.7. The lowest BCUT2D eigenvalue weighted by molar-refractivity contribution is -0.161. The largest absolute Gasteiger partial charge is 0.472 e. The Kier molecular flexibility index (Phi) is 74.1. The lowest BCUT2D eigenvalue weighted by atomic mass is 9.99. The monoisotopic (exact) mass is 1510 g/mol. The Morgan fingerprint density at radius 3 is 0.689 bits per heavy atom. The molecule has 103 heavy (non-hydrogen) atoms. The van der Waals surface area contributed by atoms with E-state index in [0.29, 0.717) is 25.7 Å². The predicted octanol–water partition coefficient (Wildman–Crippen LogP) is 25.5. The van der Waals surface area contributed by atoms with Crippen LogP contribution in [-0.4, -0.2) is 96.7 Å². The summed E-state index contributed by atoms with van der Waals surface area (Å²) in [5.74, 6) is -0.504. The molecule has 0 saturated carbocycles. The molecule has 0 fully saturated rings. The fourth-order valence-corrected chi connectivity index (χ4v) is 14.6. The average Bonchev–Trinajstić information content (AvgIpc) is 0.910. The number of hydrogen-bond donors (Lipinski definition) is 3. The predicted molar refractivity (Wildman–Crippen MR) is 423 cm³/mol. The first kappa shape index (κ1) is 101. The van der Waals surface area contributed by atoms with Gasteiger partial charge in [0.25, 0.3) is 0 Å². The van der Waals surface area contributed by atoms with Crippen molar-refractivity contribution in [2.45, 2.75) is 464 Å². The molecule has 0 aromatic heterocycles. The van der Waals surface area contributed by atoms with Crippen molar-refractivity contribution >= 4 is 39.5 Å². The number of phosphoric acid groups is 2. The molecule has 0 amide bonds. The molecule has 0 aromatic rings. The van der Waals surface area contributed by atoms with Crippen molar-refractivity contribution in [3.63, 3.8) is 0 Å². The summed E-state index contributed by atoms with van der Waals surface area (Å²) in [6.45, 7) is 9.68. The van der Waals surface area contributed by atoms with Gasteiger partial charge in [0.15, 0.2) is 12.2 Å². The summed E-state index contributed by atoms with van der Waals surface area (Å²) in [6.07, 6.45) is 66.7. The number of phosphoric ester groups is 2. The average molecular weight is 1510 g/mol. The van der Waals surface area contributed by atoms with Crippen LogP contribution in [0.5, 0.6) is 0 Å². The molecule has 0 aliphatic carbocycles. The topological polar surface area (TPSA) is 237 Å². The van der Waals surface area contributed by atoms with Gasteiger partial charge in [-0.3, -0.25) is 37.3 Å². The summed E-state index contributed by atoms with van der Waals surface area (Å²) in [5.41, 5.74) is 0. The number of aliphatic hydroxyl groups is 1. The van der Waals surface area contributed by atoms with Crippen molar-refractivity contribution in [1.29, 1.82) is 0 Å². The molecule has 0 heterocycles. The molecule has 7 atom stereocenters. The summed E-state index contributed by atoms with van der Waals surface area (Å²) in [7, 11) is -9.92. The van der Waals surface area contributed by atoms with Crippen LogP contribution in [0.2, 0.25) is 0 Å². The summed E-state index contributed by atoms with van der Waals surface area (Å²) in [6, 6.07) is 0. The van der Waals surface area contributed by atoms with Crippen LogP contribution >= 0.6 is 15.6 Å². The zero-order chi connectivity index (χ0) is 75.6. The van der Waals surface area contributed by atoms with Crippen molar-refractivity contribution in [2.75, 3.05) is 39.6 Å². The minimum Gasteiger partial charge on any atom is -0.462 e. The van der Waals surface area contributed by atoms with Crippen LogP contribution in [0, 0.1) is 11.8 Å². The number of hydrogen-bond acceptors (Lipinski definition) is 15. The van der Waals surface area contributed by atoms with Gasteiger partial charge in [0.1, 0.15) is 19.3 Å². The van der Waals surface area contributed by atoms with Crippen molar-refractivity contribution in [3.05, 3.63) is 0 Å². The Labute approximate surface area is 632 Å². The lowest BCUT2D eigenvalue weighted by Gasteiger charge is -2.21. The van der Waals surface area contributed by atoms with Gasteiger partial charge < -0.3 is 33.8 Å². The van der Waals surface area contributed by atoms with Gasteiger partial charge in [-0.25, -0.2) is 9.13 Å². The van der Waals surface area contributed by atoms with E-state index in [-0.39, 0.29) is 25.7 Å². The zero-order valence-corrected chi connectivity index (χ0v) is 69.4. The van der Waals surface area contributed by atoms with Crippen LogP contribution in [0.25, 0.3) is 0 Å². The second-order valence-electron chi connectivity index (χ2n) is 30.7.